The quantitative estimate of drug-likeness (QED) is 0.765. The first-order valence-corrected chi connectivity index (χ1v) is 8.22. The number of methoxy groups -OCH3 is 1. The van der Waals surface area contributed by atoms with Crippen molar-refractivity contribution < 1.29 is 9.53 Å². The Kier molecular flexibility index (Phi) is 4.65. The highest BCUT2D eigenvalue weighted by atomic mass is 16.5. The number of hydrogen-bond acceptors (Lipinski definition) is 2. The van der Waals surface area contributed by atoms with Gasteiger partial charge in [-0.15, -0.1) is 6.58 Å². The lowest BCUT2D eigenvalue weighted by molar-refractivity contribution is 0.0706. The maximum atomic E-state index is 12.9. The molecular formula is C20H23NO2. The number of rotatable bonds is 5. The summed E-state index contributed by atoms with van der Waals surface area (Å²) in [7, 11) is 1.66. The van der Waals surface area contributed by atoms with Crippen molar-refractivity contribution in [2.45, 2.75) is 31.7 Å². The zero-order valence-corrected chi connectivity index (χ0v) is 13.6. The van der Waals surface area contributed by atoms with Gasteiger partial charge in [0, 0.05) is 18.2 Å². The molecule has 2 aromatic rings. The summed E-state index contributed by atoms with van der Waals surface area (Å²) in [5.41, 5.74) is 0.747. The fraction of sp³-hybridized carbons (Fsp3) is 0.350. The summed E-state index contributed by atoms with van der Waals surface area (Å²) in [6, 6.07) is 12.1. The second-order valence-corrected chi connectivity index (χ2v) is 6.11. The minimum Gasteiger partial charge on any atom is -0.497 e. The summed E-state index contributed by atoms with van der Waals surface area (Å²) in [5, 5.41) is 2.14. The maximum absolute atomic E-state index is 12.9. The highest BCUT2D eigenvalue weighted by molar-refractivity contribution is 5.99. The van der Waals surface area contributed by atoms with Gasteiger partial charge in [-0.05, 0) is 47.9 Å². The molecular weight excluding hydrogens is 286 g/mol. The third kappa shape index (κ3) is 3.24. The van der Waals surface area contributed by atoms with Crippen LogP contribution in [0.3, 0.4) is 0 Å². The van der Waals surface area contributed by atoms with Crippen molar-refractivity contribution in [2.24, 2.45) is 0 Å². The number of amides is 1. The Morgan fingerprint density at radius 2 is 1.91 bits per heavy atom. The van der Waals surface area contributed by atoms with E-state index in [0.717, 1.165) is 34.9 Å². The summed E-state index contributed by atoms with van der Waals surface area (Å²) in [5.74, 6) is 0.935. The molecule has 1 fully saturated rings. The number of hydrogen-bond donors (Lipinski definition) is 0. The van der Waals surface area contributed by atoms with Gasteiger partial charge in [-0.3, -0.25) is 4.79 Å². The molecule has 3 rings (SSSR count). The first-order valence-electron chi connectivity index (χ1n) is 8.22. The van der Waals surface area contributed by atoms with E-state index in [1.165, 1.54) is 12.8 Å². The van der Waals surface area contributed by atoms with Crippen molar-refractivity contribution in [1.29, 1.82) is 0 Å². The monoisotopic (exact) mass is 309 g/mol. The second-order valence-electron chi connectivity index (χ2n) is 6.11. The highest BCUT2D eigenvalue weighted by Gasteiger charge is 2.26. The van der Waals surface area contributed by atoms with Crippen LogP contribution in [-0.4, -0.2) is 30.5 Å². The largest absolute Gasteiger partial charge is 0.497 e. The average molecular weight is 309 g/mol. The van der Waals surface area contributed by atoms with Crippen molar-refractivity contribution in [3.8, 4) is 5.75 Å². The Hall–Kier alpha value is -2.29. The fourth-order valence-corrected chi connectivity index (χ4v) is 3.40. The Morgan fingerprint density at radius 3 is 2.61 bits per heavy atom. The van der Waals surface area contributed by atoms with Gasteiger partial charge in [0.15, 0.2) is 0 Å². The number of nitrogens with zero attached hydrogens (tertiary/aromatic N) is 1. The molecule has 0 radical (unpaired) electrons. The number of benzene rings is 2. The summed E-state index contributed by atoms with van der Waals surface area (Å²) in [4.78, 5) is 14.9. The van der Waals surface area contributed by atoms with Crippen molar-refractivity contribution in [3.05, 3.63) is 54.6 Å². The van der Waals surface area contributed by atoms with Crippen LogP contribution in [0.25, 0.3) is 10.8 Å². The highest BCUT2D eigenvalue weighted by Crippen LogP contribution is 2.26. The molecule has 0 bridgehead atoms. The van der Waals surface area contributed by atoms with Crippen LogP contribution >= 0.6 is 0 Å². The lowest BCUT2D eigenvalue weighted by Crippen LogP contribution is -2.38. The molecule has 3 heteroatoms. The van der Waals surface area contributed by atoms with Gasteiger partial charge in [0.1, 0.15) is 5.75 Å². The Labute approximate surface area is 137 Å². The van der Waals surface area contributed by atoms with Crippen LogP contribution in [-0.2, 0) is 0 Å². The van der Waals surface area contributed by atoms with E-state index in [1.54, 1.807) is 7.11 Å². The molecule has 0 saturated heterocycles. The molecule has 0 spiro atoms. The van der Waals surface area contributed by atoms with Gasteiger partial charge in [-0.1, -0.05) is 31.1 Å². The zero-order valence-electron chi connectivity index (χ0n) is 13.6. The molecule has 0 unspecified atom stereocenters. The van der Waals surface area contributed by atoms with Crippen LogP contribution < -0.4 is 4.74 Å². The van der Waals surface area contributed by atoms with E-state index in [-0.39, 0.29) is 5.91 Å². The first-order chi connectivity index (χ1) is 11.2. The van der Waals surface area contributed by atoms with Crippen molar-refractivity contribution in [2.75, 3.05) is 13.7 Å². The van der Waals surface area contributed by atoms with E-state index >= 15 is 0 Å². The summed E-state index contributed by atoms with van der Waals surface area (Å²) in [6.07, 6.45) is 6.45. The Bertz CT molecular complexity index is 717. The molecule has 120 valence electrons. The third-order valence-corrected chi connectivity index (χ3v) is 4.65. The van der Waals surface area contributed by atoms with Crippen LogP contribution in [0, 0.1) is 0 Å². The topological polar surface area (TPSA) is 29.5 Å². The first kappa shape index (κ1) is 15.6. The smallest absolute Gasteiger partial charge is 0.254 e. The van der Waals surface area contributed by atoms with Crippen LogP contribution in [0.5, 0.6) is 5.75 Å². The van der Waals surface area contributed by atoms with Gasteiger partial charge in [-0.2, -0.15) is 0 Å². The van der Waals surface area contributed by atoms with Crippen LogP contribution in [0.4, 0.5) is 0 Å². The minimum atomic E-state index is 0.106. The van der Waals surface area contributed by atoms with Crippen molar-refractivity contribution >= 4 is 16.7 Å². The number of ether oxygens (including phenoxy) is 1. The molecule has 1 aliphatic carbocycles. The molecule has 1 amide bonds. The van der Waals surface area contributed by atoms with Gasteiger partial charge in [0.2, 0.25) is 0 Å². The lowest BCUT2D eigenvalue weighted by Gasteiger charge is -2.28. The predicted molar refractivity (Wildman–Crippen MR) is 94.0 cm³/mol. The molecule has 0 N–H and O–H groups in total. The second kappa shape index (κ2) is 6.86. The standard InChI is InChI=1S/C20H23NO2/c1-3-12-21(18-6-4-5-7-18)20(22)17-9-8-16-14-19(23-2)11-10-15(16)13-17/h3,8-11,13-14,18H,1,4-7,12H2,2H3. The maximum Gasteiger partial charge on any atom is 0.254 e. The van der Waals surface area contributed by atoms with Crippen molar-refractivity contribution in [1.82, 2.24) is 4.90 Å². The number of carbonyl (C=O) groups excluding carboxylic acids is 1. The van der Waals surface area contributed by atoms with Crippen LogP contribution in [0.2, 0.25) is 0 Å². The van der Waals surface area contributed by atoms with E-state index < -0.39 is 0 Å². The lowest BCUT2D eigenvalue weighted by atomic mass is 10.0. The van der Waals surface area contributed by atoms with Gasteiger partial charge in [0.05, 0.1) is 7.11 Å². The average Bonchev–Trinajstić information content (AvgIpc) is 3.12. The molecule has 0 aliphatic heterocycles. The summed E-state index contributed by atoms with van der Waals surface area (Å²) in [6.45, 7) is 4.42. The molecule has 1 saturated carbocycles. The van der Waals surface area contributed by atoms with Crippen LogP contribution in [0.15, 0.2) is 49.1 Å². The van der Waals surface area contributed by atoms with E-state index in [0.29, 0.717) is 12.6 Å². The Morgan fingerprint density at radius 1 is 1.22 bits per heavy atom. The molecule has 0 heterocycles. The zero-order chi connectivity index (χ0) is 16.2. The third-order valence-electron chi connectivity index (χ3n) is 4.65. The van der Waals surface area contributed by atoms with Gasteiger partial charge in [0.25, 0.3) is 5.91 Å². The van der Waals surface area contributed by atoms with Crippen LogP contribution in [0.1, 0.15) is 36.0 Å². The van der Waals surface area contributed by atoms with E-state index in [9.17, 15) is 4.79 Å². The molecule has 0 atom stereocenters. The SMILES string of the molecule is C=CCN(C(=O)c1ccc2cc(OC)ccc2c1)C1CCCC1. The predicted octanol–water partition coefficient (Wildman–Crippen LogP) is 4.42. The summed E-state index contributed by atoms with van der Waals surface area (Å²) < 4.78 is 5.25. The van der Waals surface area contributed by atoms with Gasteiger partial charge < -0.3 is 9.64 Å². The van der Waals surface area contributed by atoms with Crippen molar-refractivity contribution in [3.63, 3.8) is 0 Å². The molecule has 23 heavy (non-hydrogen) atoms. The molecule has 1 aliphatic rings. The molecule has 0 aromatic heterocycles. The number of fused-ring (bicyclic) bond motifs is 1. The normalized spacial score (nSPS) is 14.8. The van der Waals surface area contributed by atoms with Gasteiger partial charge in [-0.25, -0.2) is 0 Å². The minimum absolute atomic E-state index is 0.106. The van der Waals surface area contributed by atoms with E-state index in [1.807, 2.05) is 47.4 Å². The van der Waals surface area contributed by atoms with Gasteiger partial charge >= 0.3 is 0 Å². The van der Waals surface area contributed by atoms with E-state index in [4.69, 9.17) is 4.74 Å². The summed E-state index contributed by atoms with van der Waals surface area (Å²) >= 11 is 0. The van der Waals surface area contributed by atoms with E-state index in [2.05, 4.69) is 6.58 Å². The Balaban J connectivity index is 1.90. The molecule has 3 nitrogen and oxygen atoms in total. The molecule has 2 aromatic carbocycles. The number of carbonyl (C=O) groups is 1. The fourth-order valence-electron chi connectivity index (χ4n) is 3.40.